The molecule has 0 unspecified atom stereocenters. The standard InChI is InChI=1S/C13H17NO2/c1-9-11(3-2-4-12(9)14)13(15)10-5-7-16-8-6-10/h2-4,10H,5-8,14H2,1H3. The third-order valence-corrected chi connectivity index (χ3v) is 3.23. The molecule has 1 heterocycles. The lowest BCUT2D eigenvalue weighted by Crippen LogP contribution is -2.24. The number of benzene rings is 1. The third kappa shape index (κ3) is 2.09. The van der Waals surface area contributed by atoms with Gasteiger partial charge in [-0.3, -0.25) is 4.79 Å². The molecule has 0 amide bonds. The Morgan fingerprint density at radius 2 is 2.06 bits per heavy atom. The van der Waals surface area contributed by atoms with Gasteiger partial charge in [-0.1, -0.05) is 12.1 Å². The second-order valence-corrected chi connectivity index (χ2v) is 4.27. The molecule has 1 aliphatic rings. The number of carbonyl (C=O) groups is 1. The Hall–Kier alpha value is -1.35. The van der Waals surface area contributed by atoms with E-state index in [4.69, 9.17) is 10.5 Å². The van der Waals surface area contributed by atoms with Crippen LogP contribution in [0, 0.1) is 12.8 Å². The van der Waals surface area contributed by atoms with Crippen molar-refractivity contribution in [1.29, 1.82) is 0 Å². The van der Waals surface area contributed by atoms with Crippen LogP contribution in [-0.2, 0) is 4.74 Å². The van der Waals surface area contributed by atoms with Crippen LogP contribution in [0.2, 0.25) is 0 Å². The van der Waals surface area contributed by atoms with Crippen molar-refractivity contribution in [2.75, 3.05) is 18.9 Å². The molecule has 1 aromatic rings. The summed E-state index contributed by atoms with van der Waals surface area (Å²) in [6.07, 6.45) is 1.65. The zero-order chi connectivity index (χ0) is 11.5. The summed E-state index contributed by atoms with van der Waals surface area (Å²) < 4.78 is 5.26. The smallest absolute Gasteiger partial charge is 0.166 e. The third-order valence-electron chi connectivity index (χ3n) is 3.23. The van der Waals surface area contributed by atoms with E-state index in [2.05, 4.69) is 0 Å². The number of carbonyl (C=O) groups excluding carboxylic acids is 1. The van der Waals surface area contributed by atoms with Gasteiger partial charge in [0.1, 0.15) is 0 Å². The van der Waals surface area contributed by atoms with Crippen molar-refractivity contribution in [3.8, 4) is 0 Å². The van der Waals surface area contributed by atoms with E-state index in [0.29, 0.717) is 18.9 Å². The van der Waals surface area contributed by atoms with Gasteiger partial charge in [-0.15, -0.1) is 0 Å². The highest BCUT2D eigenvalue weighted by molar-refractivity contribution is 6.00. The first-order chi connectivity index (χ1) is 7.70. The molecule has 0 bridgehead atoms. The fourth-order valence-corrected chi connectivity index (χ4v) is 2.10. The SMILES string of the molecule is Cc1c(N)cccc1C(=O)C1CCOCC1. The molecule has 1 aromatic carbocycles. The second kappa shape index (κ2) is 4.66. The molecular weight excluding hydrogens is 202 g/mol. The average molecular weight is 219 g/mol. The van der Waals surface area contributed by atoms with Crippen molar-refractivity contribution in [2.24, 2.45) is 5.92 Å². The quantitative estimate of drug-likeness (QED) is 0.612. The summed E-state index contributed by atoms with van der Waals surface area (Å²) in [6.45, 7) is 3.29. The highest BCUT2D eigenvalue weighted by atomic mass is 16.5. The molecule has 1 aliphatic heterocycles. The molecule has 0 spiro atoms. The maximum atomic E-state index is 12.3. The van der Waals surface area contributed by atoms with Crippen molar-refractivity contribution >= 4 is 11.5 Å². The Morgan fingerprint density at radius 1 is 1.38 bits per heavy atom. The lowest BCUT2D eigenvalue weighted by Gasteiger charge is -2.21. The molecule has 16 heavy (non-hydrogen) atoms. The van der Waals surface area contributed by atoms with Crippen LogP contribution >= 0.6 is 0 Å². The monoisotopic (exact) mass is 219 g/mol. The number of rotatable bonds is 2. The number of anilines is 1. The van der Waals surface area contributed by atoms with Crippen LogP contribution in [0.3, 0.4) is 0 Å². The molecule has 0 aromatic heterocycles. The van der Waals surface area contributed by atoms with Gasteiger partial charge in [0.2, 0.25) is 0 Å². The van der Waals surface area contributed by atoms with Gasteiger partial charge in [0.25, 0.3) is 0 Å². The minimum atomic E-state index is 0.106. The number of nitrogen functional groups attached to an aromatic ring is 1. The summed E-state index contributed by atoms with van der Waals surface area (Å²) in [5.74, 6) is 0.322. The molecular formula is C13H17NO2. The predicted octanol–water partition coefficient (Wildman–Crippen LogP) is 2.19. The zero-order valence-corrected chi connectivity index (χ0v) is 9.53. The largest absolute Gasteiger partial charge is 0.398 e. The number of ketones is 1. The van der Waals surface area contributed by atoms with Crippen LogP contribution in [0.25, 0.3) is 0 Å². The number of ether oxygens (including phenoxy) is 1. The fourth-order valence-electron chi connectivity index (χ4n) is 2.10. The minimum Gasteiger partial charge on any atom is -0.398 e. The summed E-state index contributed by atoms with van der Waals surface area (Å²) in [6, 6.07) is 5.54. The van der Waals surface area contributed by atoms with E-state index in [1.165, 1.54) is 0 Å². The van der Waals surface area contributed by atoms with Crippen molar-refractivity contribution in [3.63, 3.8) is 0 Å². The first-order valence-electron chi connectivity index (χ1n) is 5.67. The zero-order valence-electron chi connectivity index (χ0n) is 9.53. The summed E-state index contributed by atoms with van der Waals surface area (Å²) in [5, 5.41) is 0. The van der Waals surface area contributed by atoms with E-state index in [1.54, 1.807) is 0 Å². The van der Waals surface area contributed by atoms with Gasteiger partial charge in [-0.2, -0.15) is 0 Å². The molecule has 3 nitrogen and oxygen atoms in total. The fraction of sp³-hybridized carbons (Fsp3) is 0.462. The Labute approximate surface area is 95.6 Å². The Bertz CT molecular complexity index is 395. The maximum Gasteiger partial charge on any atom is 0.166 e. The van der Waals surface area contributed by atoms with Gasteiger partial charge in [0, 0.05) is 30.4 Å². The topological polar surface area (TPSA) is 52.3 Å². The summed E-state index contributed by atoms with van der Waals surface area (Å²) in [4.78, 5) is 12.3. The van der Waals surface area contributed by atoms with E-state index in [-0.39, 0.29) is 11.7 Å². The number of Topliss-reactive ketones (excluding diaryl/α,β-unsaturated/α-hetero) is 1. The van der Waals surface area contributed by atoms with E-state index < -0.39 is 0 Å². The molecule has 86 valence electrons. The summed E-state index contributed by atoms with van der Waals surface area (Å²) in [5.41, 5.74) is 8.18. The van der Waals surface area contributed by atoms with Gasteiger partial charge in [-0.05, 0) is 31.4 Å². The second-order valence-electron chi connectivity index (χ2n) is 4.27. The van der Waals surface area contributed by atoms with Crippen LogP contribution in [0.15, 0.2) is 18.2 Å². The molecule has 3 heteroatoms. The molecule has 1 saturated heterocycles. The van der Waals surface area contributed by atoms with Crippen molar-refractivity contribution in [2.45, 2.75) is 19.8 Å². The van der Waals surface area contributed by atoms with E-state index in [1.807, 2.05) is 25.1 Å². The van der Waals surface area contributed by atoms with Gasteiger partial charge in [0.05, 0.1) is 0 Å². The normalized spacial score (nSPS) is 17.3. The number of nitrogens with two attached hydrogens (primary N) is 1. The van der Waals surface area contributed by atoms with Crippen LogP contribution in [0.4, 0.5) is 5.69 Å². The summed E-state index contributed by atoms with van der Waals surface area (Å²) >= 11 is 0. The molecule has 0 radical (unpaired) electrons. The highest BCUT2D eigenvalue weighted by Gasteiger charge is 2.24. The lowest BCUT2D eigenvalue weighted by molar-refractivity contribution is 0.0544. The molecule has 0 atom stereocenters. The van der Waals surface area contributed by atoms with Gasteiger partial charge >= 0.3 is 0 Å². The summed E-state index contributed by atoms with van der Waals surface area (Å²) in [7, 11) is 0. The average Bonchev–Trinajstić information content (AvgIpc) is 2.33. The van der Waals surface area contributed by atoms with Gasteiger partial charge < -0.3 is 10.5 Å². The molecule has 0 saturated carbocycles. The van der Waals surface area contributed by atoms with Crippen LogP contribution < -0.4 is 5.73 Å². The number of hydrogen-bond acceptors (Lipinski definition) is 3. The van der Waals surface area contributed by atoms with Crippen molar-refractivity contribution in [3.05, 3.63) is 29.3 Å². The van der Waals surface area contributed by atoms with Crippen molar-refractivity contribution in [1.82, 2.24) is 0 Å². The van der Waals surface area contributed by atoms with Crippen LogP contribution in [0.1, 0.15) is 28.8 Å². The van der Waals surface area contributed by atoms with Gasteiger partial charge in [0.15, 0.2) is 5.78 Å². The number of hydrogen-bond donors (Lipinski definition) is 1. The van der Waals surface area contributed by atoms with Crippen LogP contribution in [-0.4, -0.2) is 19.0 Å². The predicted molar refractivity (Wildman–Crippen MR) is 63.5 cm³/mol. The molecule has 1 fully saturated rings. The first kappa shape index (κ1) is 11.1. The van der Waals surface area contributed by atoms with E-state index in [9.17, 15) is 4.79 Å². The van der Waals surface area contributed by atoms with E-state index >= 15 is 0 Å². The Balaban J connectivity index is 2.22. The van der Waals surface area contributed by atoms with Crippen molar-refractivity contribution < 1.29 is 9.53 Å². The lowest BCUT2D eigenvalue weighted by atomic mass is 9.89. The molecule has 0 aliphatic carbocycles. The minimum absolute atomic E-state index is 0.106. The van der Waals surface area contributed by atoms with E-state index in [0.717, 1.165) is 24.0 Å². The van der Waals surface area contributed by atoms with Gasteiger partial charge in [-0.25, -0.2) is 0 Å². The van der Waals surface area contributed by atoms with Crippen LogP contribution in [0.5, 0.6) is 0 Å². The maximum absolute atomic E-state index is 12.3. The highest BCUT2D eigenvalue weighted by Crippen LogP contribution is 2.24. The molecule has 2 rings (SSSR count). The Morgan fingerprint density at radius 3 is 2.75 bits per heavy atom. The first-order valence-corrected chi connectivity index (χ1v) is 5.67. The molecule has 2 N–H and O–H groups in total. The Kier molecular flexibility index (Phi) is 3.25.